The van der Waals surface area contributed by atoms with Gasteiger partial charge in [-0.2, -0.15) is 4.31 Å². The van der Waals surface area contributed by atoms with Gasteiger partial charge >= 0.3 is 0 Å². The minimum Gasteiger partial charge on any atom is -0.497 e. The number of hydrogen-bond donors (Lipinski definition) is 1. The molecule has 2 saturated carbocycles. The van der Waals surface area contributed by atoms with Gasteiger partial charge in [-0.3, -0.25) is 0 Å². The van der Waals surface area contributed by atoms with Crippen molar-refractivity contribution in [3.63, 3.8) is 0 Å². The molecule has 2 aromatic rings. The second-order valence-electron chi connectivity index (χ2n) is 10.6. The van der Waals surface area contributed by atoms with Gasteiger partial charge in [0.2, 0.25) is 10.0 Å². The molecule has 3 unspecified atom stereocenters. The Morgan fingerprint density at radius 2 is 1.92 bits per heavy atom. The van der Waals surface area contributed by atoms with E-state index in [2.05, 4.69) is 22.2 Å². The van der Waals surface area contributed by atoms with Crippen LogP contribution in [0.15, 0.2) is 36.7 Å². The number of nitrogens with one attached hydrogen (secondary N) is 1. The summed E-state index contributed by atoms with van der Waals surface area (Å²) >= 11 is 0. The molecule has 1 N–H and O–H groups in total. The van der Waals surface area contributed by atoms with Crippen LogP contribution in [-0.2, 0) is 26.7 Å². The van der Waals surface area contributed by atoms with Crippen molar-refractivity contribution < 1.29 is 22.3 Å². The first-order valence-electron chi connectivity index (χ1n) is 12.6. The lowest BCUT2D eigenvalue weighted by Gasteiger charge is -2.33. The maximum Gasteiger partial charge on any atom is 0.211 e. The second-order valence-corrected chi connectivity index (χ2v) is 12.6. The molecule has 0 amide bonds. The van der Waals surface area contributed by atoms with Crippen LogP contribution in [-0.4, -0.2) is 66.9 Å². The molecule has 2 heterocycles. The number of halogens is 1. The van der Waals surface area contributed by atoms with Crippen LogP contribution in [0.25, 0.3) is 0 Å². The number of ether oxygens (including phenoxy) is 2. The fourth-order valence-electron chi connectivity index (χ4n) is 6.14. The van der Waals surface area contributed by atoms with Crippen LogP contribution < -0.4 is 10.1 Å². The van der Waals surface area contributed by atoms with Gasteiger partial charge in [-0.05, 0) is 62.6 Å². The number of rotatable bonds is 9. The predicted octanol–water partition coefficient (Wildman–Crippen LogP) is 3.03. The van der Waals surface area contributed by atoms with Crippen LogP contribution >= 0.6 is 0 Å². The first kappa shape index (κ1) is 25.5. The molecular formula is C26H35FN4O4S. The van der Waals surface area contributed by atoms with Crippen LogP contribution in [0, 0.1) is 11.7 Å². The summed E-state index contributed by atoms with van der Waals surface area (Å²) in [5.74, 6) is 1.54. The van der Waals surface area contributed by atoms with E-state index < -0.39 is 15.8 Å². The quantitative estimate of drug-likeness (QED) is 0.545. The lowest BCUT2D eigenvalue weighted by Crippen LogP contribution is -2.48. The van der Waals surface area contributed by atoms with Gasteiger partial charge in [0.05, 0.1) is 38.5 Å². The summed E-state index contributed by atoms with van der Waals surface area (Å²) in [7, 11) is -1.83. The van der Waals surface area contributed by atoms with Crippen LogP contribution in [0.3, 0.4) is 0 Å². The molecule has 8 nitrogen and oxygen atoms in total. The number of benzene rings is 1. The molecule has 3 aliphatic rings. The number of aromatic nitrogens is 2. The summed E-state index contributed by atoms with van der Waals surface area (Å²) in [6.45, 7) is 2.86. The summed E-state index contributed by atoms with van der Waals surface area (Å²) in [4.78, 5) is 8.50. The first-order valence-corrected chi connectivity index (χ1v) is 14.5. The predicted molar refractivity (Wildman–Crippen MR) is 134 cm³/mol. The number of hydrogen-bond acceptors (Lipinski definition) is 7. The minimum atomic E-state index is -3.44. The molecule has 196 valence electrons. The zero-order valence-electron chi connectivity index (χ0n) is 21.1. The topological polar surface area (TPSA) is 93.7 Å². The van der Waals surface area contributed by atoms with Crippen molar-refractivity contribution in [3.8, 4) is 5.75 Å². The molecule has 3 fully saturated rings. The average Bonchev–Trinajstić information content (AvgIpc) is 3.48. The summed E-state index contributed by atoms with van der Waals surface area (Å²) in [6, 6.07) is 7.44. The van der Waals surface area contributed by atoms with Crippen molar-refractivity contribution in [3.05, 3.63) is 53.9 Å². The number of methoxy groups -OCH3 is 1. The summed E-state index contributed by atoms with van der Waals surface area (Å²) in [5.41, 5.74) is 0.891. The van der Waals surface area contributed by atoms with Gasteiger partial charge in [0, 0.05) is 30.1 Å². The third-order valence-electron chi connectivity index (χ3n) is 8.12. The molecule has 0 bridgehead atoms. The Balaban J connectivity index is 1.21. The van der Waals surface area contributed by atoms with Gasteiger partial charge in [-0.15, -0.1) is 0 Å². The molecule has 10 heteroatoms. The molecule has 2 aliphatic carbocycles. The largest absolute Gasteiger partial charge is 0.497 e. The molecule has 1 aliphatic heterocycles. The Bertz CT molecular complexity index is 1160. The highest BCUT2D eigenvalue weighted by Gasteiger charge is 2.60. The van der Waals surface area contributed by atoms with E-state index >= 15 is 0 Å². The lowest BCUT2D eigenvalue weighted by atomic mass is 9.86. The molecule has 5 rings (SSSR count). The van der Waals surface area contributed by atoms with E-state index in [1.54, 1.807) is 11.4 Å². The van der Waals surface area contributed by atoms with E-state index in [0.29, 0.717) is 19.1 Å². The number of nitrogens with zero attached hydrogens (tertiary/aromatic N) is 3. The molecular weight excluding hydrogens is 483 g/mol. The smallest absolute Gasteiger partial charge is 0.211 e. The van der Waals surface area contributed by atoms with Gasteiger partial charge < -0.3 is 14.8 Å². The Morgan fingerprint density at radius 3 is 2.56 bits per heavy atom. The molecule has 1 aromatic carbocycles. The standard InChI is InChI=1S/C26H35FN4O4S/c1-17-10-24(31(36(3,32)33)15-18-4-6-21(34-2)7-5-18)23(30-17)16-35-22-8-9-26(12-19(26)11-22)25-28-13-20(27)14-29-25/h4-7,13-14,17,19,22-24,30H,8-12,15-16H2,1-3H3/t17-,19?,22?,23+,24+,26?/m1/s1. The van der Waals surface area contributed by atoms with E-state index in [9.17, 15) is 12.8 Å². The van der Waals surface area contributed by atoms with Crippen molar-refractivity contribution in [2.24, 2.45) is 5.92 Å². The molecule has 1 aromatic heterocycles. The Kier molecular flexibility index (Phi) is 7.06. The number of sulfonamides is 1. The lowest BCUT2D eigenvalue weighted by molar-refractivity contribution is 0.00563. The molecule has 6 atom stereocenters. The Morgan fingerprint density at radius 1 is 1.19 bits per heavy atom. The van der Waals surface area contributed by atoms with Crippen molar-refractivity contribution >= 4 is 10.0 Å². The zero-order valence-corrected chi connectivity index (χ0v) is 21.9. The fourth-order valence-corrected chi connectivity index (χ4v) is 7.24. The molecule has 1 saturated heterocycles. The molecule has 36 heavy (non-hydrogen) atoms. The third-order valence-corrected chi connectivity index (χ3v) is 9.37. The van der Waals surface area contributed by atoms with Crippen molar-refractivity contribution in [2.45, 2.75) is 75.2 Å². The summed E-state index contributed by atoms with van der Waals surface area (Å²) in [5, 5.41) is 3.55. The van der Waals surface area contributed by atoms with Crippen molar-refractivity contribution in [1.82, 2.24) is 19.6 Å². The first-order chi connectivity index (χ1) is 17.2. The highest BCUT2D eigenvalue weighted by molar-refractivity contribution is 7.88. The van der Waals surface area contributed by atoms with E-state index in [4.69, 9.17) is 9.47 Å². The highest BCUT2D eigenvalue weighted by Crippen LogP contribution is 2.61. The van der Waals surface area contributed by atoms with Crippen LogP contribution in [0.1, 0.15) is 50.4 Å². The van der Waals surface area contributed by atoms with Gasteiger partial charge in [-0.25, -0.2) is 22.8 Å². The van der Waals surface area contributed by atoms with Crippen LogP contribution in [0.5, 0.6) is 5.75 Å². The fraction of sp³-hybridized carbons (Fsp3) is 0.615. The van der Waals surface area contributed by atoms with E-state index in [1.165, 1.54) is 18.6 Å². The zero-order chi connectivity index (χ0) is 25.5. The monoisotopic (exact) mass is 518 g/mol. The van der Waals surface area contributed by atoms with Gasteiger partial charge in [0.15, 0.2) is 5.82 Å². The second kappa shape index (κ2) is 9.96. The van der Waals surface area contributed by atoms with Crippen molar-refractivity contribution in [1.29, 1.82) is 0 Å². The van der Waals surface area contributed by atoms with Crippen LogP contribution in [0.4, 0.5) is 4.39 Å². The van der Waals surface area contributed by atoms with Gasteiger partial charge in [0.1, 0.15) is 11.6 Å². The molecule has 0 radical (unpaired) electrons. The summed E-state index contributed by atoms with van der Waals surface area (Å²) < 4.78 is 52.2. The van der Waals surface area contributed by atoms with Crippen molar-refractivity contribution in [2.75, 3.05) is 20.0 Å². The third kappa shape index (κ3) is 5.27. The Hall–Kier alpha value is -2.14. The Labute approximate surface area is 212 Å². The average molecular weight is 519 g/mol. The SMILES string of the molecule is COc1ccc(CN([C@H]2C[C@@H](C)N[C@H]2COC2CCC3(c4ncc(F)cn4)CC3C2)S(C)(=O)=O)cc1. The maximum absolute atomic E-state index is 13.2. The molecule has 0 spiro atoms. The minimum absolute atomic E-state index is 0.0261. The van der Waals surface area contributed by atoms with Gasteiger partial charge in [-0.1, -0.05) is 12.1 Å². The van der Waals surface area contributed by atoms with E-state index in [1.807, 2.05) is 24.3 Å². The highest BCUT2D eigenvalue weighted by atomic mass is 32.2. The number of fused-ring (bicyclic) bond motifs is 1. The van der Waals surface area contributed by atoms with Gasteiger partial charge in [0.25, 0.3) is 0 Å². The normalized spacial score (nSPS) is 31.9. The van der Waals surface area contributed by atoms with E-state index in [0.717, 1.165) is 49.2 Å². The van der Waals surface area contributed by atoms with Crippen LogP contribution in [0.2, 0.25) is 0 Å². The maximum atomic E-state index is 13.2. The van der Waals surface area contributed by atoms with E-state index in [-0.39, 0.29) is 29.6 Å². The summed E-state index contributed by atoms with van der Waals surface area (Å²) in [6.07, 6.45) is 8.41.